The van der Waals surface area contributed by atoms with Crippen LogP contribution in [0.2, 0.25) is 0 Å². The van der Waals surface area contributed by atoms with E-state index in [-0.39, 0.29) is 11.8 Å². The largest absolute Gasteiger partial charge is 0.364 e. The first kappa shape index (κ1) is 17.9. The second-order valence-corrected chi connectivity index (χ2v) is 7.90. The first-order valence-electron chi connectivity index (χ1n) is 9.29. The molecule has 6 heteroatoms. The number of hydrogen-bond acceptors (Lipinski definition) is 5. The van der Waals surface area contributed by atoms with Gasteiger partial charge in [0.1, 0.15) is 5.70 Å². The second-order valence-electron chi connectivity index (χ2n) is 6.96. The summed E-state index contributed by atoms with van der Waals surface area (Å²) in [7, 11) is 2.08. The van der Waals surface area contributed by atoms with Crippen LogP contribution in [0.3, 0.4) is 0 Å². The van der Waals surface area contributed by atoms with Crippen molar-refractivity contribution in [2.24, 2.45) is 0 Å². The summed E-state index contributed by atoms with van der Waals surface area (Å²) >= 11 is 1.50. The molecule has 0 unspecified atom stereocenters. The molecule has 0 radical (unpaired) electrons. The molecule has 2 aliphatic rings. The van der Waals surface area contributed by atoms with E-state index in [1.54, 1.807) is 0 Å². The summed E-state index contributed by atoms with van der Waals surface area (Å²) < 4.78 is 0. The van der Waals surface area contributed by atoms with Gasteiger partial charge in [-0.2, -0.15) is 0 Å². The Kier molecular flexibility index (Phi) is 4.85. The van der Waals surface area contributed by atoms with Crippen LogP contribution in [-0.2, 0) is 16.0 Å². The van der Waals surface area contributed by atoms with E-state index in [1.807, 2.05) is 41.8 Å². The van der Waals surface area contributed by atoms with Crippen molar-refractivity contribution in [3.05, 3.63) is 57.9 Å². The Morgan fingerprint density at radius 2 is 1.67 bits per heavy atom. The quantitative estimate of drug-likeness (QED) is 0.764. The fourth-order valence-electron chi connectivity index (χ4n) is 3.60. The van der Waals surface area contributed by atoms with Crippen molar-refractivity contribution >= 4 is 34.4 Å². The lowest BCUT2D eigenvalue weighted by molar-refractivity contribution is -0.120. The van der Waals surface area contributed by atoms with E-state index in [0.717, 1.165) is 37.5 Å². The average molecular weight is 382 g/mol. The number of amides is 2. The molecule has 140 valence electrons. The molecule has 1 aromatic heterocycles. The van der Waals surface area contributed by atoms with Gasteiger partial charge in [-0.1, -0.05) is 25.1 Å². The maximum atomic E-state index is 13.4. The Hall–Kier alpha value is -2.44. The van der Waals surface area contributed by atoms with Gasteiger partial charge in [-0.3, -0.25) is 9.59 Å². The van der Waals surface area contributed by atoms with Crippen molar-refractivity contribution < 1.29 is 9.59 Å². The Balaban J connectivity index is 1.74. The average Bonchev–Trinajstić information content (AvgIpc) is 3.29. The highest BCUT2D eigenvalue weighted by Crippen LogP contribution is 2.36. The van der Waals surface area contributed by atoms with Gasteiger partial charge in [0.15, 0.2) is 0 Å². The van der Waals surface area contributed by atoms with Crippen LogP contribution in [0.25, 0.3) is 5.57 Å². The van der Waals surface area contributed by atoms with E-state index < -0.39 is 0 Å². The number of aryl methyl sites for hydroxylation is 1. The van der Waals surface area contributed by atoms with E-state index in [2.05, 4.69) is 23.8 Å². The molecule has 3 heterocycles. The lowest BCUT2D eigenvalue weighted by Crippen LogP contribution is -2.46. The predicted molar refractivity (Wildman–Crippen MR) is 109 cm³/mol. The molecule has 0 aliphatic carbocycles. The number of benzene rings is 1. The normalized spacial score (nSPS) is 18.7. The second kappa shape index (κ2) is 7.29. The number of nitrogens with zero attached hydrogens (tertiary/aromatic N) is 3. The molecule has 5 nitrogen and oxygen atoms in total. The number of piperazine rings is 1. The molecule has 2 aliphatic heterocycles. The zero-order chi connectivity index (χ0) is 19.0. The molecule has 27 heavy (non-hydrogen) atoms. The summed E-state index contributed by atoms with van der Waals surface area (Å²) in [5.74, 6) is -0.433. The molecule has 0 atom stereocenters. The van der Waals surface area contributed by atoms with Gasteiger partial charge in [-0.25, -0.2) is 4.90 Å². The van der Waals surface area contributed by atoms with Crippen LogP contribution in [-0.4, -0.2) is 54.8 Å². The van der Waals surface area contributed by atoms with Gasteiger partial charge in [0.05, 0.1) is 11.3 Å². The van der Waals surface area contributed by atoms with Gasteiger partial charge >= 0.3 is 0 Å². The first-order chi connectivity index (χ1) is 13.1. The molecule has 4 rings (SSSR count). The smallest absolute Gasteiger partial charge is 0.282 e. The number of imide groups is 1. The molecule has 1 fully saturated rings. The fourth-order valence-corrected chi connectivity index (χ4v) is 4.36. The fraction of sp³-hybridized carbons (Fsp3) is 0.333. The van der Waals surface area contributed by atoms with Crippen molar-refractivity contribution in [2.45, 2.75) is 13.3 Å². The third-order valence-electron chi connectivity index (χ3n) is 5.25. The van der Waals surface area contributed by atoms with Crippen LogP contribution >= 0.6 is 11.3 Å². The molecule has 2 amide bonds. The van der Waals surface area contributed by atoms with Crippen molar-refractivity contribution in [2.75, 3.05) is 38.1 Å². The summed E-state index contributed by atoms with van der Waals surface area (Å²) in [4.78, 5) is 33.2. The van der Waals surface area contributed by atoms with Crippen LogP contribution in [0, 0.1) is 0 Å². The monoisotopic (exact) mass is 381 g/mol. The number of thiophene rings is 1. The van der Waals surface area contributed by atoms with Crippen LogP contribution in [0.5, 0.6) is 0 Å². The number of anilines is 1. The highest BCUT2D eigenvalue weighted by molar-refractivity contribution is 7.11. The van der Waals surface area contributed by atoms with Crippen molar-refractivity contribution in [1.82, 2.24) is 9.80 Å². The van der Waals surface area contributed by atoms with Gasteiger partial charge in [0.25, 0.3) is 11.8 Å². The molecule has 0 spiro atoms. The minimum atomic E-state index is -0.222. The zero-order valence-corrected chi connectivity index (χ0v) is 16.5. The van der Waals surface area contributed by atoms with E-state index in [1.165, 1.54) is 21.8 Å². The molecule has 0 saturated carbocycles. The lowest BCUT2D eigenvalue weighted by atomic mass is 10.1. The number of carbonyl (C=O) groups is 2. The lowest BCUT2D eigenvalue weighted by Gasteiger charge is -2.34. The molecular weight excluding hydrogens is 358 g/mol. The Bertz CT molecular complexity index is 879. The van der Waals surface area contributed by atoms with E-state index >= 15 is 0 Å². The molecule has 2 aromatic rings. The van der Waals surface area contributed by atoms with Crippen LogP contribution in [0.15, 0.2) is 47.5 Å². The number of carbonyl (C=O) groups excluding carboxylic acids is 2. The summed E-state index contributed by atoms with van der Waals surface area (Å²) in [5.41, 5.74) is 2.91. The first-order valence-corrected chi connectivity index (χ1v) is 10.2. The summed E-state index contributed by atoms with van der Waals surface area (Å²) in [6.45, 7) is 5.36. The number of likely N-dealkylation sites (N-methyl/N-ethyl adjacent to an activating group) is 1. The van der Waals surface area contributed by atoms with Gasteiger partial charge in [-0.15, -0.1) is 11.3 Å². The third kappa shape index (κ3) is 3.19. The SMILES string of the molecule is CCc1ccc(N2C(=O)C(c3cccs3)=C(N3CCN(C)CC3)C2=O)cc1. The third-order valence-corrected chi connectivity index (χ3v) is 6.14. The predicted octanol–water partition coefficient (Wildman–Crippen LogP) is 2.84. The highest BCUT2D eigenvalue weighted by atomic mass is 32.1. The molecule has 1 aromatic carbocycles. The van der Waals surface area contributed by atoms with Crippen LogP contribution < -0.4 is 4.90 Å². The Morgan fingerprint density at radius 3 is 2.26 bits per heavy atom. The Labute approximate surface area is 163 Å². The standard InChI is InChI=1S/C21H23N3O2S/c1-3-15-6-8-16(9-7-15)24-20(25)18(17-5-4-14-27-17)19(21(24)26)23-12-10-22(2)11-13-23/h4-9,14H,3,10-13H2,1-2H3. The van der Waals surface area contributed by atoms with Gasteiger partial charge in [0.2, 0.25) is 0 Å². The molecular formula is C21H23N3O2S. The summed E-state index contributed by atoms with van der Waals surface area (Å²) in [6.07, 6.45) is 0.924. The van der Waals surface area contributed by atoms with Crippen molar-refractivity contribution in [3.63, 3.8) is 0 Å². The summed E-state index contributed by atoms with van der Waals surface area (Å²) in [5, 5.41) is 1.94. The zero-order valence-electron chi connectivity index (χ0n) is 15.6. The van der Waals surface area contributed by atoms with Crippen molar-refractivity contribution in [1.29, 1.82) is 0 Å². The van der Waals surface area contributed by atoms with Gasteiger partial charge in [-0.05, 0) is 42.6 Å². The number of rotatable bonds is 4. The van der Waals surface area contributed by atoms with Gasteiger partial charge in [0, 0.05) is 31.1 Å². The maximum absolute atomic E-state index is 13.4. The maximum Gasteiger partial charge on any atom is 0.282 e. The number of hydrogen-bond donors (Lipinski definition) is 0. The van der Waals surface area contributed by atoms with Crippen molar-refractivity contribution in [3.8, 4) is 0 Å². The minimum Gasteiger partial charge on any atom is -0.364 e. The van der Waals surface area contributed by atoms with E-state index in [0.29, 0.717) is 17.0 Å². The van der Waals surface area contributed by atoms with Gasteiger partial charge < -0.3 is 9.80 Å². The minimum absolute atomic E-state index is 0.211. The Morgan fingerprint density at radius 1 is 0.963 bits per heavy atom. The van der Waals surface area contributed by atoms with E-state index in [9.17, 15) is 9.59 Å². The molecule has 0 N–H and O–H groups in total. The topological polar surface area (TPSA) is 43.9 Å². The molecule has 1 saturated heterocycles. The van der Waals surface area contributed by atoms with Crippen LogP contribution in [0.4, 0.5) is 5.69 Å². The van der Waals surface area contributed by atoms with Crippen LogP contribution in [0.1, 0.15) is 17.4 Å². The summed E-state index contributed by atoms with van der Waals surface area (Å²) in [6, 6.07) is 11.5. The highest BCUT2D eigenvalue weighted by Gasteiger charge is 2.43. The molecule has 0 bridgehead atoms. The van der Waals surface area contributed by atoms with E-state index in [4.69, 9.17) is 0 Å².